The highest BCUT2D eigenvalue weighted by molar-refractivity contribution is 5.06. The molecule has 0 aliphatic heterocycles. The van der Waals surface area contributed by atoms with Crippen LogP contribution in [0.4, 0.5) is 0 Å². The van der Waals surface area contributed by atoms with Crippen molar-refractivity contribution in [1.82, 2.24) is 0 Å². The molecule has 0 N–H and O–H groups in total. The molecule has 13 heavy (non-hydrogen) atoms. The summed E-state index contributed by atoms with van der Waals surface area (Å²) in [7, 11) is 0. The van der Waals surface area contributed by atoms with Crippen LogP contribution in [-0.2, 0) is 0 Å². The number of rotatable bonds is 3. The SMILES string of the molecule is CCC(C)C(C)C#CC(C)C(C)C. The average molecular weight is 180 g/mol. The minimum absolute atomic E-state index is 0.534. The summed E-state index contributed by atoms with van der Waals surface area (Å²) in [6.07, 6.45) is 1.23. The van der Waals surface area contributed by atoms with E-state index in [1.54, 1.807) is 0 Å². The van der Waals surface area contributed by atoms with Crippen LogP contribution in [0.15, 0.2) is 0 Å². The molecule has 0 saturated heterocycles. The Hall–Kier alpha value is -0.440. The highest BCUT2D eigenvalue weighted by Crippen LogP contribution is 2.14. The maximum atomic E-state index is 3.36. The van der Waals surface area contributed by atoms with Gasteiger partial charge in [-0.3, -0.25) is 0 Å². The Bertz CT molecular complexity index is 180. The van der Waals surface area contributed by atoms with Crippen LogP contribution in [-0.4, -0.2) is 0 Å². The Morgan fingerprint density at radius 1 is 0.846 bits per heavy atom. The predicted octanol–water partition coefficient (Wildman–Crippen LogP) is 3.96. The number of hydrogen-bond acceptors (Lipinski definition) is 0. The van der Waals surface area contributed by atoms with Crippen LogP contribution in [0.5, 0.6) is 0 Å². The second kappa shape index (κ2) is 6.08. The summed E-state index contributed by atoms with van der Waals surface area (Å²) >= 11 is 0. The molecular weight excluding hydrogens is 156 g/mol. The zero-order chi connectivity index (χ0) is 10.4. The fraction of sp³-hybridized carbons (Fsp3) is 0.846. The fourth-order valence-electron chi connectivity index (χ4n) is 0.925. The summed E-state index contributed by atoms with van der Waals surface area (Å²) in [5.74, 6) is 9.20. The lowest BCUT2D eigenvalue weighted by Crippen LogP contribution is -2.06. The Kier molecular flexibility index (Phi) is 5.88. The molecule has 0 aromatic rings. The lowest BCUT2D eigenvalue weighted by molar-refractivity contribution is 0.456. The quantitative estimate of drug-likeness (QED) is 0.577. The van der Waals surface area contributed by atoms with Crippen LogP contribution in [0.2, 0.25) is 0 Å². The molecule has 76 valence electrons. The van der Waals surface area contributed by atoms with Crippen LogP contribution in [0.3, 0.4) is 0 Å². The van der Waals surface area contributed by atoms with Crippen LogP contribution >= 0.6 is 0 Å². The monoisotopic (exact) mass is 180 g/mol. The van der Waals surface area contributed by atoms with Crippen LogP contribution in [0.1, 0.15) is 48.0 Å². The van der Waals surface area contributed by atoms with Crippen molar-refractivity contribution in [3.63, 3.8) is 0 Å². The summed E-state index contributed by atoms with van der Waals surface area (Å²) in [5, 5.41) is 0. The van der Waals surface area contributed by atoms with Gasteiger partial charge in [-0.1, -0.05) is 59.8 Å². The molecule has 0 fully saturated rings. The van der Waals surface area contributed by atoms with Gasteiger partial charge in [0.1, 0.15) is 0 Å². The molecule has 0 bridgehead atoms. The molecule has 0 aromatic heterocycles. The molecule has 3 atom stereocenters. The third-order valence-corrected chi connectivity index (χ3v) is 3.04. The van der Waals surface area contributed by atoms with Crippen molar-refractivity contribution in [2.75, 3.05) is 0 Å². The lowest BCUT2D eigenvalue weighted by atomic mass is 9.92. The fourth-order valence-corrected chi connectivity index (χ4v) is 0.925. The van der Waals surface area contributed by atoms with E-state index in [1.165, 1.54) is 6.42 Å². The van der Waals surface area contributed by atoms with Crippen molar-refractivity contribution in [1.29, 1.82) is 0 Å². The molecule has 0 aromatic carbocycles. The molecule has 0 nitrogen and oxygen atoms in total. The van der Waals surface area contributed by atoms with Gasteiger partial charge in [0, 0.05) is 11.8 Å². The second-order valence-corrected chi connectivity index (χ2v) is 4.50. The van der Waals surface area contributed by atoms with E-state index in [0.29, 0.717) is 17.8 Å². The van der Waals surface area contributed by atoms with Gasteiger partial charge in [0.2, 0.25) is 0 Å². The van der Waals surface area contributed by atoms with Gasteiger partial charge in [-0.05, 0) is 11.8 Å². The van der Waals surface area contributed by atoms with E-state index in [1.807, 2.05) is 0 Å². The smallest absolute Gasteiger partial charge is 0.0200 e. The van der Waals surface area contributed by atoms with Gasteiger partial charge < -0.3 is 0 Å². The molecule has 0 saturated carbocycles. The molecule has 0 aliphatic carbocycles. The van der Waals surface area contributed by atoms with E-state index < -0.39 is 0 Å². The van der Waals surface area contributed by atoms with E-state index in [4.69, 9.17) is 0 Å². The first kappa shape index (κ1) is 12.6. The Balaban J connectivity index is 4.08. The minimum Gasteiger partial charge on any atom is -0.0996 e. The Morgan fingerprint density at radius 3 is 1.69 bits per heavy atom. The van der Waals surface area contributed by atoms with Crippen LogP contribution in [0, 0.1) is 35.5 Å². The van der Waals surface area contributed by atoms with Crippen molar-refractivity contribution < 1.29 is 0 Å². The topological polar surface area (TPSA) is 0 Å². The maximum absolute atomic E-state index is 3.36. The molecule has 0 aliphatic rings. The molecule has 0 spiro atoms. The molecule has 3 unspecified atom stereocenters. The summed E-state index contributed by atoms with van der Waals surface area (Å²) < 4.78 is 0. The first-order chi connectivity index (χ1) is 5.99. The van der Waals surface area contributed by atoms with Gasteiger partial charge in [-0.2, -0.15) is 0 Å². The normalized spacial score (nSPS) is 17.5. The van der Waals surface area contributed by atoms with Gasteiger partial charge in [0.15, 0.2) is 0 Å². The van der Waals surface area contributed by atoms with Gasteiger partial charge in [0.05, 0.1) is 0 Å². The van der Waals surface area contributed by atoms with Crippen molar-refractivity contribution >= 4 is 0 Å². The Morgan fingerprint density at radius 2 is 1.31 bits per heavy atom. The molecule has 0 radical (unpaired) electrons. The van der Waals surface area contributed by atoms with Crippen molar-refractivity contribution in [3.05, 3.63) is 0 Å². The Labute approximate surface area is 84.1 Å². The van der Waals surface area contributed by atoms with E-state index in [0.717, 1.165) is 5.92 Å². The van der Waals surface area contributed by atoms with Crippen molar-refractivity contribution in [2.45, 2.75) is 48.0 Å². The van der Waals surface area contributed by atoms with E-state index in [-0.39, 0.29) is 0 Å². The van der Waals surface area contributed by atoms with Gasteiger partial charge in [-0.25, -0.2) is 0 Å². The molecule has 0 amide bonds. The van der Waals surface area contributed by atoms with Gasteiger partial charge in [-0.15, -0.1) is 0 Å². The molecular formula is C13H24. The average Bonchev–Trinajstić information content (AvgIpc) is 2.11. The van der Waals surface area contributed by atoms with Gasteiger partial charge >= 0.3 is 0 Å². The first-order valence-electron chi connectivity index (χ1n) is 5.50. The summed E-state index contributed by atoms with van der Waals surface area (Å²) in [5.41, 5.74) is 0. The van der Waals surface area contributed by atoms with Crippen LogP contribution < -0.4 is 0 Å². The maximum Gasteiger partial charge on any atom is 0.0200 e. The van der Waals surface area contributed by atoms with Crippen LogP contribution in [0.25, 0.3) is 0 Å². The lowest BCUT2D eigenvalue weighted by Gasteiger charge is -2.12. The third kappa shape index (κ3) is 4.98. The molecule has 0 heteroatoms. The predicted molar refractivity (Wildman–Crippen MR) is 60.4 cm³/mol. The van der Waals surface area contributed by atoms with Crippen molar-refractivity contribution in [2.24, 2.45) is 23.7 Å². The summed E-state index contributed by atoms with van der Waals surface area (Å²) in [6.45, 7) is 13.4. The van der Waals surface area contributed by atoms with Crippen molar-refractivity contribution in [3.8, 4) is 11.8 Å². The highest BCUT2D eigenvalue weighted by atomic mass is 14.1. The second-order valence-electron chi connectivity index (χ2n) is 4.50. The standard InChI is InChI=1S/C13H24/c1-7-11(4)13(6)9-8-12(5)10(2)3/h10-13H,7H2,1-6H3. The van der Waals surface area contributed by atoms with E-state index >= 15 is 0 Å². The summed E-state index contributed by atoms with van der Waals surface area (Å²) in [4.78, 5) is 0. The van der Waals surface area contributed by atoms with E-state index in [9.17, 15) is 0 Å². The zero-order valence-electron chi connectivity index (χ0n) is 10.0. The van der Waals surface area contributed by atoms with E-state index in [2.05, 4.69) is 53.4 Å². The molecule has 0 heterocycles. The summed E-state index contributed by atoms with van der Waals surface area (Å²) in [6, 6.07) is 0. The largest absolute Gasteiger partial charge is 0.0996 e. The highest BCUT2D eigenvalue weighted by Gasteiger charge is 2.07. The zero-order valence-corrected chi connectivity index (χ0v) is 10.0. The first-order valence-corrected chi connectivity index (χ1v) is 5.50. The molecule has 0 rings (SSSR count). The van der Waals surface area contributed by atoms with Gasteiger partial charge in [0.25, 0.3) is 0 Å². The third-order valence-electron chi connectivity index (χ3n) is 3.04. The minimum atomic E-state index is 0.534. The number of hydrogen-bond donors (Lipinski definition) is 0.